The van der Waals surface area contributed by atoms with Crippen LogP contribution >= 0.6 is 0 Å². The number of carboxylic acid groups (broad SMARTS) is 1. The lowest BCUT2D eigenvalue weighted by molar-refractivity contribution is -0.140. The van der Waals surface area contributed by atoms with Crippen LogP contribution in [0.4, 0.5) is 0 Å². The van der Waals surface area contributed by atoms with Crippen LogP contribution < -0.4 is 4.72 Å². The summed E-state index contributed by atoms with van der Waals surface area (Å²) in [5.74, 6) is -1.60. The summed E-state index contributed by atoms with van der Waals surface area (Å²) in [5, 5.41) is 13.1. The Labute approximate surface area is 134 Å². The predicted octanol–water partition coefficient (Wildman–Crippen LogP) is 0.714. The van der Waals surface area contributed by atoms with Gasteiger partial charge in [-0.15, -0.1) is 0 Å². The largest absolute Gasteiger partial charge is 0.480 e. The highest BCUT2D eigenvalue weighted by Crippen LogP contribution is 2.18. The van der Waals surface area contributed by atoms with Crippen LogP contribution in [0.2, 0.25) is 0 Å². The summed E-state index contributed by atoms with van der Waals surface area (Å²) in [4.78, 5) is 15.1. The summed E-state index contributed by atoms with van der Waals surface area (Å²) in [6.45, 7) is 3.50. The Kier molecular flexibility index (Phi) is 5.12. The average Bonchev–Trinajstić information content (AvgIpc) is 2.97. The number of benzene rings is 1. The number of carboxylic acids is 1. The molecule has 0 aliphatic rings. The molecule has 124 valence electrons. The zero-order valence-corrected chi connectivity index (χ0v) is 13.6. The first kappa shape index (κ1) is 17.1. The molecule has 0 spiro atoms. The molecule has 0 radical (unpaired) electrons. The van der Waals surface area contributed by atoms with Crippen molar-refractivity contribution in [3.05, 3.63) is 42.5 Å². The lowest BCUT2D eigenvalue weighted by Gasteiger charge is -2.19. The smallest absolute Gasteiger partial charge is 0.322 e. The van der Waals surface area contributed by atoms with Crippen molar-refractivity contribution >= 4 is 16.0 Å². The highest BCUT2D eigenvalue weighted by molar-refractivity contribution is 7.89. The molecule has 0 bridgehead atoms. The van der Waals surface area contributed by atoms with Crippen LogP contribution in [0.3, 0.4) is 0 Å². The molecule has 0 amide bonds. The van der Waals surface area contributed by atoms with E-state index in [9.17, 15) is 18.3 Å². The first-order valence-corrected chi connectivity index (χ1v) is 8.45. The maximum atomic E-state index is 12.6. The average molecular weight is 338 g/mol. The predicted molar refractivity (Wildman–Crippen MR) is 82.1 cm³/mol. The van der Waals surface area contributed by atoms with E-state index in [-0.39, 0.29) is 17.4 Å². The molecule has 0 saturated carbocycles. The van der Waals surface area contributed by atoms with Gasteiger partial charge < -0.3 is 5.11 Å². The molecule has 1 unspecified atom stereocenters. The molecule has 9 heteroatoms. The van der Waals surface area contributed by atoms with E-state index < -0.39 is 22.0 Å². The number of nitrogens with zero attached hydrogens (tertiary/aromatic N) is 3. The third-order valence-electron chi connectivity index (χ3n) is 3.28. The van der Waals surface area contributed by atoms with Crippen molar-refractivity contribution in [1.29, 1.82) is 0 Å². The van der Waals surface area contributed by atoms with Crippen LogP contribution in [0.25, 0.3) is 0 Å². The quantitative estimate of drug-likeness (QED) is 0.768. The molecule has 2 aromatic rings. The van der Waals surface area contributed by atoms with Crippen LogP contribution in [0, 0.1) is 5.92 Å². The van der Waals surface area contributed by atoms with Gasteiger partial charge in [0, 0.05) is 0 Å². The van der Waals surface area contributed by atoms with E-state index in [4.69, 9.17) is 0 Å². The van der Waals surface area contributed by atoms with Gasteiger partial charge in [0.15, 0.2) is 0 Å². The second kappa shape index (κ2) is 6.88. The second-order valence-electron chi connectivity index (χ2n) is 5.38. The molecular formula is C14H18N4O4S. The van der Waals surface area contributed by atoms with Gasteiger partial charge in [-0.3, -0.25) is 4.79 Å². The van der Waals surface area contributed by atoms with E-state index >= 15 is 0 Å². The van der Waals surface area contributed by atoms with Crippen LogP contribution in [-0.2, 0) is 21.4 Å². The summed E-state index contributed by atoms with van der Waals surface area (Å²) >= 11 is 0. The Morgan fingerprint density at radius 2 is 2.04 bits per heavy atom. The highest BCUT2D eigenvalue weighted by Gasteiger charge is 2.29. The van der Waals surface area contributed by atoms with Crippen LogP contribution in [0.1, 0.15) is 19.4 Å². The summed E-state index contributed by atoms with van der Waals surface area (Å²) in [6, 6.07) is 5.20. The Balaban J connectivity index is 2.34. The van der Waals surface area contributed by atoms with Gasteiger partial charge in [0.25, 0.3) is 0 Å². The molecule has 23 heavy (non-hydrogen) atoms. The molecular weight excluding hydrogens is 320 g/mol. The van der Waals surface area contributed by atoms with Crippen molar-refractivity contribution in [2.45, 2.75) is 31.3 Å². The minimum Gasteiger partial charge on any atom is -0.480 e. The maximum absolute atomic E-state index is 12.6. The first-order chi connectivity index (χ1) is 10.8. The summed E-state index contributed by atoms with van der Waals surface area (Å²) in [6.07, 6.45) is 2.83. The number of carbonyl (C=O) groups is 1. The van der Waals surface area contributed by atoms with Crippen molar-refractivity contribution in [2.75, 3.05) is 0 Å². The number of aliphatic carboxylic acids is 1. The van der Waals surface area contributed by atoms with E-state index in [0.29, 0.717) is 5.56 Å². The molecule has 1 atom stereocenters. The number of sulfonamides is 1. The number of rotatable bonds is 7. The Morgan fingerprint density at radius 3 is 2.61 bits per heavy atom. The molecule has 1 aromatic heterocycles. The summed E-state index contributed by atoms with van der Waals surface area (Å²) in [5.41, 5.74) is 0.499. The lowest BCUT2D eigenvalue weighted by Crippen LogP contribution is -2.44. The van der Waals surface area contributed by atoms with Crippen molar-refractivity contribution < 1.29 is 18.3 Å². The van der Waals surface area contributed by atoms with Gasteiger partial charge in [0.2, 0.25) is 10.0 Å². The normalized spacial score (nSPS) is 13.2. The number of hydrogen-bond acceptors (Lipinski definition) is 5. The van der Waals surface area contributed by atoms with Crippen LogP contribution in [-0.4, -0.2) is 40.3 Å². The number of hydrogen-bond donors (Lipinski definition) is 2. The van der Waals surface area contributed by atoms with Crippen molar-refractivity contribution in [3.8, 4) is 0 Å². The molecule has 2 rings (SSSR count). The Morgan fingerprint density at radius 1 is 1.35 bits per heavy atom. The maximum Gasteiger partial charge on any atom is 0.322 e. The number of aromatic nitrogens is 3. The van der Waals surface area contributed by atoms with Gasteiger partial charge in [-0.2, -0.15) is 9.82 Å². The Bertz CT molecular complexity index is 772. The summed E-state index contributed by atoms with van der Waals surface area (Å²) in [7, 11) is -3.98. The summed E-state index contributed by atoms with van der Waals surface area (Å²) < 4.78 is 28.9. The SMILES string of the molecule is CC(C)C(NS(=O)(=O)c1ccccc1Cn1cncn1)C(=O)O. The van der Waals surface area contributed by atoms with Gasteiger partial charge in [-0.25, -0.2) is 18.1 Å². The minimum absolute atomic E-state index is 0.0300. The van der Waals surface area contributed by atoms with Crippen molar-refractivity contribution in [3.63, 3.8) is 0 Å². The molecule has 0 fully saturated rings. The van der Waals surface area contributed by atoms with Gasteiger partial charge in [-0.1, -0.05) is 32.0 Å². The molecule has 1 aromatic carbocycles. The van der Waals surface area contributed by atoms with Gasteiger partial charge in [-0.05, 0) is 17.5 Å². The van der Waals surface area contributed by atoms with E-state index in [2.05, 4.69) is 14.8 Å². The third-order valence-corrected chi connectivity index (χ3v) is 4.82. The Hall–Kier alpha value is -2.26. The van der Waals surface area contributed by atoms with E-state index in [1.165, 1.54) is 23.4 Å². The van der Waals surface area contributed by atoms with Gasteiger partial charge in [0.1, 0.15) is 18.7 Å². The fourth-order valence-electron chi connectivity index (χ4n) is 2.09. The lowest BCUT2D eigenvalue weighted by atomic mass is 10.1. The van der Waals surface area contributed by atoms with Crippen LogP contribution in [0.15, 0.2) is 41.8 Å². The molecule has 0 saturated heterocycles. The van der Waals surface area contributed by atoms with Crippen molar-refractivity contribution in [2.24, 2.45) is 5.92 Å². The highest BCUT2D eigenvalue weighted by atomic mass is 32.2. The molecule has 2 N–H and O–H groups in total. The molecule has 8 nitrogen and oxygen atoms in total. The van der Waals surface area contributed by atoms with E-state index in [0.717, 1.165) is 0 Å². The zero-order chi connectivity index (χ0) is 17.0. The van der Waals surface area contributed by atoms with E-state index in [1.54, 1.807) is 32.0 Å². The van der Waals surface area contributed by atoms with E-state index in [1.807, 2.05) is 0 Å². The van der Waals surface area contributed by atoms with Crippen LogP contribution in [0.5, 0.6) is 0 Å². The topological polar surface area (TPSA) is 114 Å². The van der Waals surface area contributed by atoms with Gasteiger partial charge in [0.05, 0.1) is 11.4 Å². The first-order valence-electron chi connectivity index (χ1n) is 6.96. The minimum atomic E-state index is -3.98. The number of nitrogens with one attached hydrogen (secondary N) is 1. The standard InChI is InChI=1S/C14H18N4O4S/c1-10(2)13(14(19)20)17-23(21,22)12-6-4-3-5-11(12)7-18-9-15-8-16-18/h3-6,8-10,13,17H,7H2,1-2H3,(H,19,20). The molecule has 1 heterocycles. The third kappa shape index (κ3) is 4.14. The molecule has 0 aliphatic carbocycles. The molecule has 0 aliphatic heterocycles. The van der Waals surface area contributed by atoms with Crippen molar-refractivity contribution in [1.82, 2.24) is 19.5 Å². The fourth-order valence-corrected chi connectivity index (χ4v) is 3.66. The van der Waals surface area contributed by atoms with Gasteiger partial charge >= 0.3 is 5.97 Å². The zero-order valence-electron chi connectivity index (χ0n) is 12.7. The fraction of sp³-hybridized carbons (Fsp3) is 0.357. The monoisotopic (exact) mass is 338 g/mol. The second-order valence-corrected chi connectivity index (χ2v) is 7.06.